The van der Waals surface area contributed by atoms with Crippen molar-refractivity contribution in [3.63, 3.8) is 0 Å². The zero-order valence-electron chi connectivity index (χ0n) is 14.0. The molecule has 1 N–H and O–H groups in total. The summed E-state index contributed by atoms with van der Waals surface area (Å²) in [6.45, 7) is 4.20. The first kappa shape index (κ1) is 18.7. The molecule has 0 aliphatic rings. The van der Waals surface area contributed by atoms with Gasteiger partial charge in [-0.15, -0.1) is 0 Å². The van der Waals surface area contributed by atoms with Gasteiger partial charge in [0.05, 0.1) is 4.92 Å². The molecular formula is C19H19ClN2O3. The summed E-state index contributed by atoms with van der Waals surface area (Å²) < 4.78 is 0. The number of hydrogen-bond acceptors (Lipinski definition) is 3. The van der Waals surface area contributed by atoms with E-state index in [1.165, 1.54) is 24.3 Å². The molecule has 0 saturated heterocycles. The number of carbonyl (C=O) groups is 1. The van der Waals surface area contributed by atoms with Crippen LogP contribution in [0.3, 0.4) is 0 Å². The lowest BCUT2D eigenvalue weighted by molar-refractivity contribution is -0.384. The van der Waals surface area contributed by atoms with Gasteiger partial charge < -0.3 is 5.32 Å². The maximum Gasteiger partial charge on any atom is 0.288 e. The molecular weight excluding hydrogens is 340 g/mol. The molecule has 2 aromatic rings. The van der Waals surface area contributed by atoms with Crippen LogP contribution in [-0.2, 0) is 4.79 Å². The second kappa shape index (κ2) is 8.44. The third kappa shape index (κ3) is 4.90. The van der Waals surface area contributed by atoms with Crippen LogP contribution in [-0.4, -0.2) is 10.8 Å². The Hall–Kier alpha value is -2.66. The van der Waals surface area contributed by atoms with Crippen molar-refractivity contribution < 1.29 is 9.72 Å². The number of halogens is 1. The zero-order chi connectivity index (χ0) is 18.4. The number of para-hydroxylation sites is 1. The van der Waals surface area contributed by atoms with Gasteiger partial charge in [0.2, 0.25) is 5.91 Å². The minimum absolute atomic E-state index is 0.0640. The van der Waals surface area contributed by atoms with Gasteiger partial charge in [0, 0.05) is 17.8 Å². The van der Waals surface area contributed by atoms with Crippen molar-refractivity contribution in [1.29, 1.82) is 0 Å². The Morgan fingerprint density at radius 3 is 2.72 bits per heavy atom. The quantitative estimate of drug-likeness (QED) is 0.426. The summed E-state index contributed by atoms with van der Waals surface area (Å²) >= 11 is 5.78. The lowest BCUT2D eigenvalue weighted by Gasteiger charge is -2.14. The number of nitro benzene ring substituents is 1. The smallest absolute Gasteiger partial charge is 0.288 e. The Balaban J connectivity index is 2.15. The maximum atomic E-state index is 12.2. The fraction of sp³-hybridized carbons (Fsp3) is 0.211. The molecule has 0 aliphatic carbocycles. The number of nitrogens with one attached hydrogen (secondary N) is 1. The summed E-state index contributed by atoms with van der Waals surface area (Å²) in [5.41, 5.74) is 2.19. The van der Waals surface area contributed by atoms with E-state index in [4.69, 9.17) is 11.6 Å². The van der Waals surface area contributed by atoms with Crippen LogP contribution in [0.5, 0.6) is 0 Å². The first-order valence-corrected chi connectivity index (χ1v) is 8.32. The zero-order valence-corrected chi connectivity index (χ0v) is 14.8. The Morgan fingerprint density at radius 1 is 1.32 bits per heavy atom. The summed E-state index contributed by atoms with van der Waals surface area (Å²) in [7, 11) is 0. The van der Waals surface area contributed by atoms with Crippen LogP contribution in [0.25, 0.3) is 6.08 Å². The number of benzene rings is 2. The van der Waals surface area contributed by atoms with E-state index in [-0.39, 0.29) is 16.6 Å². The highest BCUT2D eigenvalue weighted by Crippen LogP contribution is 2.27. The monoisotopic (exact) mass is 358 g/mol. The Morgan fingerprint density at radius 2 is 2.04 bits per heavy atom. The molecule has 2 rings (SSSR count). The highest BCUT2D eigenvalue weighted by atomic mass is 35.5. The Labute approximate surface area is 151 Å². The van der Waals surface area contributed by atoms with Crippen molar-refractivity contribution in [2.75, 3.05) is 5.32 Å². The Kier molecular flexibility index (Phi) is 6.31. The molecule has 1 unspecified atom stereocenters. The number of rotatable bonds is 6. The molecule has 6 heteroatoms. The van der Waals surface area contributed by atoms with Gasteiger partial charge in [-0.05, 0) is 41.7 Å². The average molecular weight is 359 g/mol. The molecule has 1 amide bonds. The SMILES string of the molecule is CCC(C)c1ccccc1NC(=O)C=Cc1ccc(Cl)c([N+](=O)[O-])c1. The van der Waals surface area contributed by atoms with Crippen molar-refractivity contribution >= 4 is 35.0 Å². The first-order chi connectivity index (χ1) is 11.9. The Bertz CT molecular complexity index is 818. The molecule has 0 bridgehead atoms. The van der Waals surface area contributed by atoms with Gasteiger partial charge in [-0.3, -0.25) is 14.9 Å². The van der Waals surface area contributed by atoms with Gasteiger partial charge in [-0.1, -0.05) is 49.7 Å². The van der Waals surface area contributed by atoms with Crippen molar-refractivity contribution in [2.24, 2.45) is 0 Å². The standard InChI is InChI=1S/C19H19ClN2O3/c1-3-13(2)15-6-4-5-7-17(15)21-19(23)11-9-14-8-10-16(20)18(12-14)22(24)25/h4-13H,3H2,1-2H3,(H,21,23). The van der Waals surface area contributed by atoms with E-state index in [2.05, 4.69) is 19.2 Å². The van der Waals surface area contributed by atoms with Gasteiger partial charge in [-0.2, -0.15) is 0 Å². The third-order valence-electron chi connectivity index (χ3n) is 3.96. The number of anilines is 1. The molecule has 130 valence electrons. The number of carbonyl (C=O) groups excluding carboxylic acids is 1. The van der Waals surface area contributed by atoms with Gasteiger partial charge >= 0.3 is 0 Å². The van der Waals surface area contributed by atoms with Gasteiger partial charge in [0.15, 0.2) is 0 Å². The molecule has 1 atom stereocenters. The molecule has 0 saturated carbocycles. The van der Waals surface area contributed by atoms with E-state index >= 15 is 0 Å². The minimum Gasteiger partial charge on any atom is -0.322 e. The van der Waals surface area contributed by atoms with Crippen molar-refractivity contribution in [2.45, 2.75) is 26.2 Å². The summed E-state index contributed by atoms with van der Waals surface area (Å²) in [5, 5.41) is 13.8. The van der Waals surface area contributed by atoms with Crippen LogP contribution in [0.1, 0.15) is 37.3 Å². The second-order valence-corrected chi connectivity index (χ2v) is 6.09. The van der Waals surface area contributed by atoms with Crippen molar-refractivity contribution in [3.8, 4) is 0 Å². The van der Waals surface area contributed by atoms with Crippen LogP contribution in [0, 0.1) is 10.1 Å². The minimum atomic E-state index is -0.553. The van der Waals surface area contributed by atoms with Crippen LogP contribution in [0.2, 0.25) is 5.02 Å². The number of nitro groups is 1. The van der Waals surface area contributed by atoms with Gasteiger partial charge in [0.1, 0.15) is 5.02 Å². The van der Waals surface area contributed by atoms with E-state index in [0.717, 1.165) is 17.7 Å². The van der Waals surface area contributed by atoms with E-state index in [9.17, 15) is 14.9 Å². The molecule has 0 aliphatic heterocycles. The fourth-order valence-corrected chi connectivity index (χ4v) is 2.57. The first-order valence-electron chi connectivity index (χ1n) is 7.94. The highest BCUT2D eigenvalue weighted by Gasteiger charge is 2.12. The number of hydrogen-bond donors (Lipinski definition) is 1. The van der Waals surface area contributed by atoms with Crippen LogP contribution in [0.15, 0.2) is 48.5 Å². The molecule has 0 fully saturated rings. The predicted octanol–water partition coefficient (Wildman–Crippen LogP) is 5.41. The lowest BCUT2D eigenvalue weighted by atomic mass is 9.97. The largest absolute Gasteiger partial charge is 0.322 e. The normalized spacial score (nSPS) is 12.1. The van der Waals surface area contributed by atoms with Crippen LogP contribution >= 0.6 is 11.6 Å². The molecule has 0 radical (unpaired) electrons. The molecule has 5 nitrogen and oxygen atoms in total. The molecule has 25 heavy (non-hydrogen) atoms. The average Bonchev–Trinajstić information content (AvgIpc) is 2.60. The summed E-state index contributed by atoms with van der Waals surface area (Å²) in [6, 6.07) is 12.1. The number of amides is 1. The molecule has 2 aromatic carbocycles. The van der Waals surface area contributed by atoms with E-state index in [0.29, 0.717) is 11.5 Å². The van der Waals surface area contributed by atoms with Crippen molar-refractivity contribution in [3.05, 3.63) is 74.8 Å². The number of nitrogens with zero attached hydrogens (tertiary/aromatic N) is 1. The summed E-state index contributed by atoms with van der Waals surface area (Å²) in [4.78, 5) is 22.5. The predicted molar refractivity (Wildman–Crippen MR) is 101 cm³/mol. The van der Waals surface area contributed by atoms with Crippen LogP contribution in [0.4, 0.5) is 11.4 Å². The molecule has 0 spiro atoms. The fourth-order valence-electron chi connectivity index (χ4n) is 2.38. The third-order valence-corrected chi connectivity index (χ3v) is 4.28. The van der Waals surface area contributed by atoms with E-state index in [1.54, 1.807) is 6.07 Å². The summed E-state index contributed by atoms with van der Waals surface area (Å²) in [5.74, 6) is 0.0350. The van der Waals surface area contributed by atoms with Crippen LogP contribution < -0.4 is 5.32 Å². The lowest BCUT2D eigenvalue weighted by Crippen LogP contribution is -2.10. The van der Waals surface area contributed by atoms with E-state index < -0.39 is 4.92 Å². The van der Waals surface area contributed by atoms with Gasteiger partial charge in [0.25, 0.3) is 5.69 Å². The van der Waals surface area contributed by atoms with Crippen molar-refractivity contribution in [1.82, 2.24) is 0 Å². The topological polar surface area (TPSA) is 72.2 Å². The summed E-state index contributed by atoms with van der Waals surface area (Å²) in [6.07, 6.45) is 3.84. The highest BCUT2D eigenvalue weighted by molar-refractivity contribution is 6.32. The molecule has 0 aromatic heterocycles. The second-order valence-electron chi connectivity index (χ2n) is 5.69. The molecule has 0 heterocycles. The van der Waals surface area contributed by atoms with E-state index in [1.807, 2.05) is 24.3 Å². The maximum absolute atomic E-state index is 12.2. The van der Waals surface area contributed by atoms with Gasteiger partial charge in [-0.25, -0.2) is 0 Å².